The summed E-state index contributed by atoms with van der Waals surface area (Å²) in [6.07, 6.45) is 1.51. The Morgan fingerprint density at radius 1 is 1.00 bits per heavy atom. The smallest absolute Gasteiger partial charge is 0.244 e. The van der Waals surface area contributed by atoms with Crippen LogP contribution in [0.5, 0.6) is 5.75 Å². The van der Waals surface area contributed by atoms with Crippen LogP contribution in [0.1, 0.15) is 5.56 Å². The van der Waals surface area contributed by atoms with E-state index in [0.29, 0.717) is 37.9 Å². The largest absolute Gasteiger partial charge is 0.495 e. The molecule has 1 aromatic heterocycles. The fourth-order valence-electron chi connectivity index (χ4n) is 3.58. The molecule has 0 saturated heterocycles. The number of sulfone groups is 1. The molecule has 9 heteroatoms. The first-order valence-electron chi connectivity index (χ1n) is 9.95. The van der Waals surface area contributed by atoms with Crippen molar-refractivity contribution in [3.8, 4) is 5.75 Å². The third kappa shape index (κ3) is 5.16. The first kappa shape index (κ1) is 23.2. The normalized spacial score (nSPS) is 11.5. The number of hydrogen-bond donors (Lipinski definition) is 1. The number of anilines is 1. The number of rotatable bonds is 7. The molecule has 0 aliphatic rings. The van der Waals surface area contributed by atoms with Crippen LogP contribution in [0.25, 0.3) is 10.9 Å². The minimum atomic E-state index is -3.67. The molecule has 3 aromatic carbocycles. The van der Waals surface area contributed by atoms with Crippen molar-refractivity contribution in [2.75, 3.05) is 12.4 Å². The van der Waals surface area contributed by atoms with Crippen LogP contribution >= 0.6 is 23.2 Å². The molecule has 6 nitrogen and oxygen atoms in total. The highest BCUT2D eigenvalue weighted by molar-refractivity contribution is 7.90. The Balaban J connectivity index is 1.63. The van der Waals surface area contributed by atoms with Crippen molar-refractivity contribution in [1.29, 1.82) is 0 Å². The number of para-hydroxylation sites is 1. The lowest BCUT2D eigenvalue weighted by molar-refractivity contribution is -0.116. The summed E-state index contributed by atoms with van der Waals surface area (Å²) in [7, 11) is -2.19. The molecule has 0 bridgehead atoms. The van der Waals surface area contributed by atoms with Crippen molar-refractivity contribution in [3.05, 3.63) is 88.5 Å². The van der Waals surface area contributed by atoms with Crippen LogP contribution in [0.4, 0.5) is 5.69 Å². The predicted octanol–water partition coefficient (Wildman–Crippen LogP) is 5.57. The molecule has 1 amide bonds. The van der Waals surface area contributed by atoms with E-state index in [2.05, 4.69) is 5.32 Å². The quantitative estimate of drug-likeness (QED) is 0.358. The van der Waals surface area contributed by atoms with E-state index in [4.69, 9.17) is 27.9 Å². The Kier molecular flexibility index (Phi) is 6.65. The standard InChI is InChI=1S/C24H20Cl2N2O4S/c1-32-22-12-18(26)10-11-20(22)27-24(29)14-28-13-23(19-4-2-3-5-21(19)28)33(30,31)15-16-6-8-17(25)9-7-16/h2-13H,14-15H2,1H3,(H,27,29). The number of aromatic nitrogens is 1. The van der Waals surface area contributed by atoms with E-state index in [1.807, 2.05) is 0 Å². The third-order valence-corrected chi connectivity index (χ3v) is 7.30. The van der Waals surface area contributed by atoms with Crippen LogP contribution in [0.2, 0.25) is 10.0 Å². The Morgan fingerprint density at radius 2 is 1.70 bits per heavy atom. The maximum atomic E-state index is 13.2. The molecule has 4 rings (SSSR count). The van der Waals surface area contributed by atoms with Crippen molar-refractivity contribution >= 4 is 55.5 Å². The average molecular weight is 503 g/mol. The average Bonchev–Trinajstić information content (AvgIpc) is 3.16. The number of carbonyl (C=O) groups excluding carboxylic acids is 1. The number of ether oxygens (including phenoxy) is 1. The summed E-state index contributed by atoms with van der Waals surface area (Å²) in [5.74, 6) is -0.0794. The number of amides is 1. The molecule has 0 fully saturated rings. The van der Waals surface area contributed by atoms with Gasteiger partial charge < -0.3 is 14.6 Å². The molecule has 33 heavy (non-hydrogen) atoms. The van der Waals surface area contributed by atoms with Gasteiger partial charge in [-0.25, -0.2) is 8.42 Å². The molecule has 0 radical (unpaired) electrons. The Hall–Kier alpha value is -3.00. The van der Waals surface area contributed by atoms with Gasteiger partial charge in [-0.2, -0.15) is 0 Å². The number of halogens is 2. The van der Waals surface area contributed by atoms with Gasteiger partial charge in [0.15, 0.2) is 9.84 Å². The van der Waals surface area contributed by atoms with Crippen molar-refractivity contribution in [2.45, 2.75) is 17.2 Å². The molecule has 0 spiro atoms. The molecule has 170 valence electrons. The summed E-state index contributed by atoms with van der Waals surface area (Å²) in [4.78, 5) is 12.9. The number of benzene rings is 3. The highest BCUT2D eigenvalue weighted by Gasteiger charge is 2.22. The molecule has 0 unspecified atom stereocenters. The first-order valence-corrected chi connectivity index (χ1v) is 12.4. The molecule has 1 heterocycles. The lowest BCUT2D eigenvalue weighted by atomic mass is 10.2. The van der Waals surface area contributed by atoms with E-state index in [1.165, 1.54) is 13.3 Å². The Labute approximate surface area is 201 Å². The molecule has 0 aliphatic heterocycles. The fourth-order valence-corrected chi connectivity index (χ4v) is 5.45. The minimum Gasteiger partial charge on any atom is -0.495 e. The lowest BCUT2D eigenvalue weighted by Crippen LogP contribution is -2.18. The van der Waals surface area contributed by atoms with E-state index in [-0.39, 0.29) is 23.1 Å². The van der Waals surface area contributed by atoms with Crippen LogP contribution in [0.15, 0.2) is 77.8 Å². The molecule has 1 N–H and O–H groups in total. The molecular weight excluding hydrogens is 483 g/mol. The zero-order valence-electron chi connectivity index (χ0n) is 17.6. The summed E-state index contributed by atoms with van der Waals surface area (Å²) in [6, 6.07) is 18.7. The summed E-state index contributed by atoms with van der Waals surface area (Å²) >= 11 is 11.9. The molecule has 0 aliphatic carbocycles. The van der Waals surface area contributed by atoms with Crippen LogP contribution in [0.3, 0.4) is 0 Å². The topological polar surface area (TPSA) is 77.4 Å². The third-order valence-electron chi connectivity index (χ3n) is 5.11. The van der Waals surface area contributed by atoms with Crippen molar-refractivity contribution in [2.24, 2.45) is 0 Å². The van der Waals surface area contributed by atoms with Gasteiger partial charge in [0.2, 0.25) is 5.91 Å². The van der Waals surface area contributed by atoms with Crippen LogP contribution in [-0.2, 0) is 26.9 Å². The second-order valence-corrected chi connectivity index (χ2v) is 10.2. The Bertz CT molecular complexity index is 1430. The number of hydrogen-bond acceptors (Lipinski definition) is 4. The van der Waals surface area contributed by atoms with Crippen LogP contribution in [-0.4, -0.2) is 26.0 Å². The van der Waals surface area contributed by atoms with Gasteiger partial charge in [-0.15, -0.1) is 0 Å². The first-order chi connectivity index (χ1) is 15.8. The number of nitrogens with one attached hydrogen (secondary N) is 1. The van der Waals surface area contributed by atoms with Crippen LogP contribution in [0, 0.1) is 0 Å². The maximum Gasteiger partial charge on any atom is 0.244 e. The summed E-state index contributed by atoms with van der Waals surface area (Å²) in [5, 5.41) is 4.37. The predicted molar refractivity (Wildman–Crippen MR) is 131 cm³/mol. The van der Waals surface area contributed by atoms with E-state index >= 15 is 0 Å². The second kappa shape index (κ2) is 9.47. The van der Waals surface area contributed by atoms with Crippen molar-refractivity contribution in [3.63, 3.8) is 0 Å². The molecule has 0 saturated carbocycles. The molecule has 0 atom stereocenters. The Morgan fingerprint density at radius 3 is 2.42 bits per heavy atom. The van der Waals surface area contributed by atoms with E-state index in [0.717, 1.165) is 0 Å². The number of fused-ring (bicyclic) bond motifs is 1. The monoisotopic (exact) mass is 502 g/mol. The van der Waals surface area contributed by atoms with Gasteiger partial charge in [0.05, 0.1) is 23.4 Å². The van der Waals surface area contributed by atoms with Gasteiger partial charge in [-0.1, -0.05) is 53.5 Å². The van der Waals surface area contributed by atoms with Gasteiger partial charge in [0.1, 0.15) is 12.3 Å². The molecular formula is C24H20Cl2N2O4S. The van der Waals surface area contributed by atoms with Gasteiger partial charge in [-0.05, 0) is 35.9 Å². The second-order valence-electron chi connectivity index (χ2n) is 7.42. The van der Waals surface area contributed by atoms with E-state index < -0.39 is 9.84 Å². The highest BCUT2D eigenvalue weighted by Crippen LogP contribution is 2.30. The SMILES string of the molecule is COc1cc(Cl)ccc1NC(=O)Cn1cc(S(=O)(=O)Cc2ccc(Cl)cc2)c2ccccc21. The zero-order valence-corrected chi connectivity index (χ0v) is 19.9. The van der Waals surface area contributed by atoms with Crippen LogP contribution < -0.4 is 10.1 Å². The minimum absolute atomic E-state index is 0.0806. The van der Waals surface area contributed by atoms with Crippen molar-refractivity contribution in [1.82, 2.24) is 4.57 Å². The van der Waals surface area contributed by atoms with Gasteiger partial charge in [0.25, 0.3) is 0 Å². The zero-order chi connectivity index (χ0) is 23.6. The van der Waals surface area contributed by atoms with Crippen molar-refractivity contribution < 1.29 is 17.9 Å². The van der Waals surface area contributed by atoms with E-state index in [1.54, 1.807) is 71.3 Å². The van der Waals surface area contributed by atoms with E-state index in [9.17, 15) is 13.2 Å². The van der Waals surface area contributed by atoms with Gasteiger partial charge in [-0.3, -0.25) is 4.79 Å². The lowest BCUT2D eigenvalue weighted by Gasteiger charge is -2.11. The van der Waals surface area contributed by atoms with Gasteiger partial charge >= 0.3 is 0 Å². The maximum absolute atomic E-state index is 13.2. The number of methoxy groups -OCH3 is 1. The summed E-state index contributed by atoms with van der Waals surface area (Å²) < 4.78 is 33.4. The fraction of sp³-hybridized carbons (Fsp3) is 0.125. The number of nitrogens with zero attached hydrogens (tertiary/aromatic N) is 1. The highest BCUT2D eigenvalue weighted by atomic mass is 35.5. The summed E-state index contributed by atoms with van der Waals surface area (Å²) in [6.45, 7) is -0.0806. The number of carbonyl (C=O) groups is 1. The summed E-state index contributed by atoms with van der Waals surface area (Å²) in [5.41, 5.74) is 1.74. The molecule has 4 aromatic rings. The van der Waals surface area contributed by atoms with Gasteiger partial charge in [0, 0.05) is 33.2 Å².